The number of hydrogen-bond donors (Lipinski definition) is 1. The van der Waals surface area contributed by atoms with Crippen LogP contribution in [0.3, 0.4) is 0 Å². The lowest BCUT2D eigenvalue weighted by Gasteiger charge is -2.18. The Kier molecular flexibility index (Phi) is 7.17. The summed E-state index contributed by atoms with van der Waals surface area (Å²) in [5.41, 5.74) is 1.86. The number of nitrogens with zero attached hydrogens (tertiary/aromatic N) is 2. The van der Waals surface area contributed by atoms with Crippen LogP contribution in [0.1, 0.15) is 21.5 Å². The predicted octanol–water partition coefficient (Wildman–Crippen LogP) is 6.78. The normalized spacial score (nSPS) is 11.2. The van der Waals surface area contributed by atoms with Gasteiger partial charge >= 0.3 is 6.18 Å². The number of carbonyl (C=O) groups is 2. The minimum Gasteiger partial charge on any atom is -0.335 e. The van der Waals surface area contributed by atoms with E-state index in [-0.39, 0.29) is 0 Å². The van der Waals surface area contributed by atoms with Crippen LogP contribution in [-0.2, 0) is 24.6 Å². The van der Waals surface area contributed by atoms with Crippen molar-refractivity contribution in [1.29, 1.82) is 0 Å². The molecular formula is C27H21ClF3N3O2. The number of benzene rings is 3. The molecule has 184 valence electrons. The van der Waals surface area contributed by atoms with E-state index in [9.17, 15) is 22.8 Å². The maximum atomic E-state index is 13.1. The summed E-state index contributed by atoms with van der Waals surface area (Å²) in [5.74, 6) is 0.129. The van der Waals surface area contributed by atoms with Gasteiger partial charge in [0, 0.05) is 29.9 Å². The van der Waals surface area contributed by atoms with E-state index in [1.165, 1.54) is 17.0 Å². The number of amides is 2. The Labute approximate surface area is 210 Å². The molecule has 1 heterocycles. The molecule has 9 heteroatoms. The summed E-state index contributed by atoms with van der Waals surface area (Å²) in [7, 11) is 1.75. The standard InChI is InChI=1S/C27H21ClF3N3O2/c1-33-16-22(14-25(33)34(17-35)15-18-6-12-21(28)13-7-18)32-26(36)24-5-3-2-4-23(24)19-8-10-20(11-9-19)27(29,30)31/h2-14,16-17H,15H2,1H3,(H,32,36). The first-order chi connectivity index (χ1) is 17.2. The van der Waals surface area contributed by atoms with Gasteiger partial charge in [-0.15, -0.1) is 0 Å². The first kappa shape index (κ1) is 25.1. The number of rotatable bonds is 7. The summed E-state index contributed by atoms with van der Waals surface area (Å²) in [6.45, 7) is 0.308. The largest absolute Gasteiger partial charge is 0.416 e. The Morgan fingerprint density at radius 1 is 1.03 bits per heavy atom. The molecule has 0 radical (unpaired) electrons. The second-order valence-electron chi connectivity index (χ2n) is 8.13. The Hall–Kier alpha value is -4.04. The summed E-state index contributed by atoms with van der Waals surface area (Å²) in [4.78, 5) is 26.4. The van der Waals surface area contributed by atoms with Crippen molar-refractivity contribution in [2.75, 3.05) is 10.2 Å². The fourth-order valence-corrected chi connectivity index (χ4v) is 3.96. The van der Waals surface area contributed by atoms with Gasteiger partial charge in [0.2, 0.25) is 6.41 Å². The van der Waals surface area contributed by atoms with Gasteiger partial charge in [-0.3, -0.25) is 14.5 Å². The summed E-state index contributed by atoms with van der Waals surface area (Å²) in [6, 6.07) is 20.1. The predicted molar refractivity (Wildman–Crippen MR) is 134 cm³/mol. The third kappa shape index (κ3) is 5.60. The monoisotopic (exact) mass is 511 g/mol. The Morgan fingerprint density at radius 3 is 2.33 bits per heavy atom. The van der Waals surface area contributed by atoms with Gasteiger partial charge in [0.05, 0.1) is 17.8 Å². The zero-order valence-electron chi connectivity index (χ0n) is 19.1. The highest BCUT2D eigenvalue weighted by atomic mass is 35.5. The molecule has 1 N–H and O–H groups in total. The first-order valence-corrected chi connectivity index (χ1v) is 11.2. The first-order valence-electron chi connectivity index (χ1n) is 10.9. The van der Waals surface area contributed by atoms with Gasteiger partial charge < -0.3 is 9.88 Å². The molecule has 0 atom stereocenters. The van der Waals surface area contributed by atoms with Crippen LogP contribution in [0.4, 0.5) is 24.7 Å². The lowest BCUT2D eigenvalue weighted by atomic mass is 9.98. The quantitative estimate of drug-likeness (QED) is 0.278. The molecule has 36 heavy (non-hydrogen) atoms. The van der Waals surface area contributed by atoms with Crippen molar-refractivity contribution in [3.05, 3.63) is 107 Å². The molecule has 0 bridgehead atoms. The fraction of sp³-hybridized carbons (Fsp3) is 0.111. The molecule has 3 aromatic carbocycles. The van der Waals surface area contributed by atoms with Gasteiger partial charge in [-0.05, 0) is 47.0 Å². The van der Waals surface area contributed by atoms with Crippen molar-refractivity contribution < 1.29 is 22.8 Å². The molecule has 5 nitrogen and oxygen atoms in total. The molecule has 0 aliphatic heterocycles. The van der Waals surface area contributed by atoms with Crippen LogP contribution < -0.4 is 10.2 Å². The Bertz CT molecular complexity index is 1380. The van der Waals surface area contributed by atoms with Gasteiger partial charge in [0.25, 0.3) is 5.91 Å². The highest BCUT2D eigenvalue weighted by Crippen LogP contribution is 2.32. The average Bonchev–Trinajstić information content (AvgIpc) is 3.22. The van der Waals surface area contributed by atoms with Crippen LogP contribution in [0.5, 0.6) is 0 Å². The molecule has 0 saturated carbocycles. The Morgan fingerprint density at radius 2 is 1.69 bits per heavy atom. The summed E-state index contributed by atoms with van der Waals surface area (Å²) in [6.07, 6.45) is -2.06. The number of anilines is 2. The van der Waals surface area contributed by atoms with Crippen LogP contribution in [-0.4, -0.2) is 16.9 Å². The molecule has 0 saturated heterocycles. The highest BCUT2D eigenvalue weighted by molar-refractivity contribution is 6.30. The SMILES string of the molecule is Cn1cc(NC(=O)c2ccccc2-c2ccc(C(F)(F)F)cc2)cc1N(C=O)Cc1ccc(Cl)cc1. The third-order valence-electron chi connectivity index (χ3n) is 5.62. The molecule has 2 amide bonds. The van der Waals surface area contributed by atoms with E-state index in [4.69, 9.17) is 11.6 Å². The topological polar surface area (TPSA) is 54.3 Å². The average molecular weight is 512 g/mol. The number of halogens is 4. The van der Waals surface area contributed by atoms with Crippen LogP contribution in [0, 0.1) is 0 Å². The van der Waals surface area contributed by atoms with Crippen LogP contribution in [0.15, 0.2) is 85.1 Å². The summed E-state index contributed by atoms with van der Waals surface area (Å²) >= 11 is 5.93. The van der Waals surface area contributed by atoms with Crippen molar-refractivity contribution in [3.63, 3.8) is 0 Å². The third-order valence-corrected chi connectivity index (χ3v) is 5.87. The maximum Gasteiger partial charge on any atom is 0.416 e. The molecule has 4 aromatic rings. The van der Waals surface area contributed by atoms with E-state index in [0.29, 0.717) is 46.2 Å². The lowest BCUT2D eigenvalue weighted by Crippen LogP contribution is -2.22. The lowest BCUT2D eigenvalue weighted by molar-refractivity contribution is -0.137. The van der Waals surface area contributed by atoms with Gasteiger partial charge in [-0.1, -0.05) is 54.1 Å². The number of carbonyl (C=O) groups excluding carboxylic acids is 2. The smallest absolute Gasteiger partial charge is 0.335 e. The highest BCUT2D eigenvalue weighted by Gasteiger charge is 2.30. The maximum absolute atomic E-state index is 13.1. The number of nitrogens with one attached hydrogen (secondary N) is 1. The molecule has 0 spiro atoms. The fourth-order valence-electron chi connectivity index (χ4n) is 3.84. The minimum absolute atomic E-state index is 0.302. The van der Waals surface area contributed by atoms with E-state index < -0.39 is 17.6 Å². The van der Waals surface area contributed by atoms with Crippen LogP contribution in [0.25, 0.3) is 11.1 Å². The van der Waals surface area contributed by atoms with Gasteiger partial charge in [-0.25, -0.2) is 0 Å². The van der Waals surface area contributed by atoms with Crippen molar-refractivity contribution in [1.82, 2.24) is 4.57 Å². The molecule has 0 aliphatic rings. The van der Waals surface area contributed by atoms with Crippen molar-refractivity contribution >= 4 is 35.4 Å². The van der Waals surface area contributed by atoms with Gasteiger partial charge in [0.15, 0.2) is 0 Å². The summed E-state index contributed by atoms with van der Waals surface area (Å²) < 4.78 is 40.5. The van der Waals surface area contributed by atoms with E-state index in [1.54, 1.807) is 60.3 Å². The van der Waals surface area contributed by atoms with Crippen molar-refractivity contribution in [3.8, 4) is 11.1 Å². The van der Waals surface area contributed by atoms with E-state index >= 15 is 0 Å². The Balaban J connectivity index is 1.55. The number of alkyl halides is 3. The molecule has 0 aliphatic carbocycles. The van der Waals surface area contributed by atoms with E-state index in [2.05, 4.69) is 5.32 Å². The summed E-state index contributed by atoms with van der Waals surface area (Å²) in [5, 5.41) is 3.41. The molecular weight excluding hydrogens is 491 g/mol. The number of aryl methyl sites for hydroxylation is 1. The van der Waals surface area contributed by atoms with Crippen LogP contribution >= 0.6 is 11.6 Å². The van der Waals surface area contributed by atoms with Crippen molar-refractivity contribution in [2.45, 2.75) is 12.7 Å². The number of hydrogen-bond acceptors (Lipinski definition) is 2. The molecule has 4 rings (SSSR count). The minimum atomic E-state index is -4.44. The molecule has 0 unspecified atom stereocenters. The second kappa shape index (κ2) is 10.3. The second-order valence-corrected chi connectivity index (χ2v) is 8.57. The molecule has 0 fully saturated rings. The number of aromatic nitrogens is 1. The van der Waals surface area contributed by atoms with Crippen LogP contribution in [0.2, 0.25) is 5.02 Å². The van der Waals surface area contributed by atoms with Crippen molar-refractivity contribution in [2.24, 2.45) is 7.05 Å². The van der Waals surface area contributed by atoms with E-state index in [1.807, 2.05) is 12.1 Å². The zero-order chi connectivity index (χ0) is 25.9. The van der Waals surface area contributed by atoms with Gasteiger partial charge in [0.1, 0.15) is 5.82 Å². The van der Waals surface area contributed by atoms with Gasteiger partial charge in [-0.2, -0.15) is 13.2 Å². The zero-order valence-corrected chi connectivity index (χ0v) is 19.8. The van der Waals surface area contributed by atoms with E-state index in [0.717, 1.165) is 17.7 Å². The molecule has 1 aromatic heterocycles.